The van der Waals surface area contributed by atoms with Crippen LogP contribution in [0.1, 0.15) is 11.1 Å². The van der Waals surface area contributed by atoms with E-state index in [4.69, 9.17) is 4.74 Å². The second-order valence-corrected chi connectivity index (χ2v) is 6.22. The Bertz CT molecular complexity index is 1030. The van der Waals surface area contributed by atoms with Crippen molar-refractivity contribution in [2.24, 2.45) is 4.99 Å². The summed E-state index contributed by atoms with van der Waals surface area (Å²) in [5, 5.41) is 1.52. The molecule has 0 spiro atoms. The standard InChI is InChI=1S/C23H19N3O2/c1-28-20-14-12-17(13-15-20)16-21-23(27)26(19-10-6-3-7-11-19)25-22(24-21)18-8-4-2-5-9-18/h2-16H,1H3,(H,24,25). The van der Waals surface area contributed by atoms with Gasteiger partial charge in [0.25, 0.3) is 5.91 Å². The minimum Gasteiger partial charge on any atom is -0.497 e. The van der Waals surface area contributed by atoms with Crippen LogP contribution in [0.2, 0.25) is 0 Å². The van der Waals surface area contributed by atoms with Crippen LogP contribution in [0.15, 0.2) is 95.6 Å². The van der Waals surface area contributed by atoms with Crippen molar-refractivity contribution >= 4 is 23.5 Å². The van der Waals surface area contributed by atoms with Gasteiger partial charge in [0.05, 0.1) is 12.8 Å². The summed E-state index contributed by atoms with van der Waals surface area (Å²) in [5.74, 6) is 1.16. The molecule has 1 aliphatic rings. The molecule has 0 radical (unpaired) electrons. The number of rotatable bonds is 4. The lowest BCUT2D eigenvalue weighted by Crippen LogP contribution is -2.50. The molecule has 138 valence electrons. The van der Waals surface area contributed by atoms with E-state index in [1.807, 2.05) is 84.9 Å². The summed E-state index contributed by atoms with van der Waals surface area (Å²) in [6.07, 6.45) is 1.78. The number of carbonyl (C=O) groups excluding carboxylic acids is 1. The second-order valence-electron chi connectivity index (χ2n) is 6.22. The fourth-order valence-electron chi connectivity index (χ4n) is 2.90. The van der Waals surface area contributed by atoms with Gasteiger partial charge in [0.1, 0.15) is 11.4 Å². The van der Waals surface area contributed by atoms with Crippen LogP contribution in [-0.2, 0) is 4.79 Å². The minimum atomic E-state index is -0.221. The predicted molar refractivity (Wildman–Crippen MR) is 111 cm³/mol. The Morgan fingerprint density at radius 3 is 2.18 bits per heavy atom. The third-order valence-corrected chi connectivity index (χ3v) is 4.35. The molecular formula is C23H19N3O2. The number of amidine groups is 1. The molecule has 28 heavy (non-hydrogen) atoms. The van der Waals surface area contributed by atoms with Gasteiger partial charge in [-0.25, -0.2) is 10.0 Å². The van der Waals surface area contributed by atoms with Gasteiger partial charge < -0.3 is 4.74 Å². The molecule has 1 aliphatic heterocycles. The highest BCUT2D eigenvalue weighted by Gasteiger charge is 2.27. The maximum Gasteiger partial charge on any atom is 0.295 e. The van der Waals surface area contributed by atoms with Crippen LogP contribution in [-0.4, -0.2) is 18.9 Å². The van der Waals surface area contributed by atoms with E-state index in [0.717, 1.165) is 22.6 Å². The topological polar surface area (TPSA) is 53.9 Å². The Morgan fingerprint density at radius 1 is 0.893 bits per heavy atom. The molecule has 3 aromatic carbocycles. The summed E-state index contributed by atoms with van der Waals surface area (Å²) in [4.78, 5) is 17.7. The highest BCUT2D eigenvalue weighted by molar-refractivity contribution is 6.16. The smallest absolute Gasteiger partial charge is 0.295 e. The molecular weight excluding hydrogens is 350 g/mol. The number of anilines is 1. The summed E-state index contributed by atoms with van der Waals surface area (Å²) in [7, 11) is 1.62. The molecule has 0 saturated carbocycles. The van der Waals surface area contributed by atoms with Gasteiger partial charge in [-0.2, -0.15) is 0 Å². The largest absolute Gasteiger partial charge is 0.497 e. The SMILES string of the molecule is COc1ccc(C=C2N=C(c3ccccc3)NN(c3ccccc3)C2=O)cc1. The molecule has 1 amide bonds. The number of methoxy groups -OCH3 is 1. The Kier molecular flexibility index (Phi) is 4.89. The first-order valence-electron chi connectivity index (χ1n) is 8.90. The summed E-state index contributed by atoms with van der Waals surface area (Å²) < 4.78 is 5.20. The van der Waals surface area contributed by atoms with Crippen LogP contribution in [0.4, 0.5) is 5.69 Å². The molecule has 1 heterocycles. The average Bonchev–Trinajstić information content (AvgIpc) is 2.77. The number of nitrogens with one attached hydrogen (secondary N) is 1. The Balaban J connectivity index is 1.77. The van der Waals surface area contributed by atoms with Gasteiger partial charge in [0.2, 0.25) is 0 Å². The molecule has 1 N–H and O–H groups in total. The zero-order valence-corrected chi connectivity index (χ0v) is 15.4. The molecule has 0 bridgehead atoms. The molecule has 0 unspecified atom stereocenters. The van der Waals surface area contributed by atoms with E-state index in [1.165, 1.54) is 5.01 Å². The van der Waals surface area contributed by atoms with E-state index < -0.39 is 0 Å². The van der Waals surface area contributed by atoms with Crippen LogP contribution >= 0.6 is 0 Å². The lowest BCUT2D eigenvalue weighted by molar-refractivity contribution is -0.115. The van der Waals surface area contributed by atoms with E-state index >= 15 is 0 Å². The zero-order chi connectivity index (χ0) is 19.3. The van der Waals surface area contributed by atoms with Crippen LogP contribution < -0.4 is 15.2 Å². The molecule has 4 rings (SSSR count). The maximum absolute atomic E-state index is 13.1. The number of amides is 1. The molecule has 0 aliphatic carbocycles. The van der Waals surface area contributed by atoms with Crippen molar-refractivity contribution in [3.8, 4) is 5.75 Å². The predicted octanol–water partition coefficient (Wildman–Crippen LogP) is 4.03. The third-order valence-electron chi connectivity index (χ3n) is 4.35. The number of ether oxygens (including phenoxy) is 1. The Morgan fingerprint density at radius 2 is 1.54 bits per heavy atom. The van der Waals surface area contributed by atoms with Crippen LogP contribution in [0.3, 0.4) is 0 Å². The van der Waals surface area contributed by atoms with Gasteiger partial charge >= 0.3 is 0 Å². The third kappa shape index (κ3) is 3.64. The zero-order valence-electron chi connectivity index (χ0n) is 15.4. The number of carbonyl (C=O) groups is 1. The maximum atomic E-state index is 13.1. The van der Waals surface area contributed by atoms with Gasteiger partial charge in [-0.15, -0.1) is 0 Å². The lowest BCUT2D eigenvalue weighted by atomic mass is 10.1. The van der Waals surface area contributed by atoms with Gasteiger partial charge in [-0.1, -0.05) is 60.7 Å². The summed E-state index contributed by atoms with van der Waals surface area (Å²) in [6.45, 7) is 0. The molecule has 5 nitrogen and oxygen atoms in total. The van der Waals surface area contributed by atoms with Gasteiger partial charge in [0.15, 0.2) is 5.84 Å². The Hall–Kier alpha value is -3.86. The van der Waals surface area contributed by atoms with E-state index in [9.17, 15) is 4.79 Å². The quantitative estimate of drug-likeness (QED) is 0.707. The first-order chi connectivity index (χ1) is 13.7. The van der Waals surface area contributed by atoms with Crippen molar-refractivity contribution in [2.75, 3.05) is 12.1 Å². The van der Waals surface area contributed by atoms with Gasteiger partial charge in [-0.3, -0.25) is 10.2 Å². The van der Waals surface area contributed by atoms with Crippen molar-refractivity contribution in [3.63, 3.8) is 0 Å². The van der Waals surface area contributed by atoms with Crippen molar-refractivity contribution < 1.29 is 9.53 Å². The normalized spacial score (nSPS) is 15.2. The Labute approximate surface area is 163 Å². The van der Waals surface area contributed by atoms with Crippen molar-refractivity contribution in [3.05, 3.63) is 102 Å². The number of aliphatic imine (C=N–C) groups is 1. The molecule has 5 heteroatoms. The van der Waals surface area contributed by atoms with Crippen molar-refractivity contribution in [1.29, 1.82) is 0 Å². The number of hydrogen-bond acceptors (Lipinski definition) is 4. The molecule has 0 aromatic heterocycles. The van der Waals surface area contributed by atoms with Crippen molar-refractivity contribution in [2.45, 2.75) is 0 Å². The van der Waals surface area contributed by atoms with Gasteiger partial charge in [0, 0.05) is 5.56 Å². The fourth-order valence-corrected chi connectivity index (χ4v) is 2.90. The molecule has 3 aromatic rings. The van der Waals surface area contributed by atoms with E-state index in [1.54, 1.807) is 13.2 Å². The number of benzene rings is 3. The lowest BCUT2D eigenvalue weighted by Gasteiger charge is -2.29. The number of hydrogen-bond donors (Lipinski definition) is 1. The molecule has 0 fully saturated rings. The number of nitrogens with zero attached hydrogens (tertiary/aromatic N) is 2. The summed E-state index contributed by atoms with van der Waals surface area (Å²) in [6, 6.07) is 26.7. The van der Waals surface area contributed by atoms with E-state index in [-0.39, 0.29) is 5.91 Å². The number of para-hydroxylation sites is 1. The minimum absolute atomic E-state index is 0.221. The van der Waals surface area contributed by atoms with E-state index in [2.05, 4.69) is 10.4 Å². The monoisotopic (exact) mass is 369 g/mol. The van der Waals surface area contributed by atoms with Crippen LogP contribution in [0.25, 0.3) is 6.08 Å². The summed E-state index contributed by atoms with van der Waals surface area (Å²) >= 11 is 0. The highest BCUT2D eigenvalue weighted by atomic mass is 16.5. The molecule has 0 saturated heterocycles. The first-order valence-corrected chi connectivity index (χ1v) is 8.90. The van der Waals surface area contributed by atoms with Crippen molar-refractivity contribution in [1.82, 2.24) is 5.43 Å². The average molecular weight is 369 g/mol. The fraction of sp³-hybridized carbons (Fsp3) is 0.0435. The highest BCUT2D eigenvalue weighted by Crippen LogP contribution is 2.22. The van der Waals surface area contributed by atoms with E-state index in [0.29, 0.717) is 11.5 Å². The molecule has 0 atom stereocenters. The van der Waals surface area contributed by atoms with Crippen LogP contribution in [0, 0.1) is 0 Å². The summed E-state index contributed by atoms with van der Waals surface area (Å²) in [5.41, 5.74) is 6.01. The number of hydrazine groups is 1. The first kappa shape index (κ1) is 17.5. The van der Waals surface area contributed by atoms with Crippen LogP contribution in [0.5, 0.6) is 5.75 Å². The second kappa shape index (κ2) is 7.80. The van der Waals surface area contributed by atoms with Gasteiger partial charge in [-0.05, 0) is 35.9 Å².